The van der Waals surface area contributed by atoms with Gasteiger partial charge in [0.05, 0.1) is 0 Å². The lowest BCUT2D eigenvalue weighted by atomic mass is 9.99. The van der Waals surface area contributed by atoms with Crippen molar-refractivity contribution in [1.29, 1.82) is 0 Å². The zero-order valence-corrected chi connectivity index (χ0v) is 35.0. The van der Waals surface area contributed by atoms with Crippen LogP contribution in [0.2, 0.25) is 0 Å². The van der Waals surface area contributed by atoms with Crippen LogP contribution in [0.3, 0.4) is 0 Å². The summed E-state index contributed by atoms with van der Waals surface area (Å²) in [6.45, 7) is 9.18. The number of nitrogens with zero attached hydrogens (tertiary/aromatic N) is 6. The normalized spacial score (nSPS) is 16.0. The molecule has 326 valence electrons. The van der Waals surface area contributed by atoms with Crippen LogP contribution in [0.4, 0.5) is 11.6 Å². The average molecular weight is 862 g/mol. The van der Waals surface area contributed by atoms with Crippen LogP contribution in [0, 0.1) is 6.57 Å². The predicted octanol–water partition coefficient (Wildman–Crippen LogP) is 5.97. The molecule has 4 aromatic rings. The first-order valence-electron chi connectivity index (χ1n) is 20.8. The number of hydrogen-bond donors (Lipinski definition) is 4. The number of pyridine rings is 2. The summed E-state index contributed by atoms with van der Waals surface area (Å²) in [5.74, 6) is 2.40. The number of oxime groups is 1. The fourth-order valence-corrected chi connectivity index (χ4v) is 7.36. The molecule has 0 unspecified atom stereocenters. The molecular weight excluding hydrogens is 815 g/mol. The average Bonchev–Trinajstić information content (AvgIpc) is 3.34. The first kappa shape index (κ1) is 44.0. The number of amidine groups is 1. The van der Waals surface area contributed by atoms with Crippen molar-refractivity contribution in [2.24, 2.45) is 10.9 Å². The minimum Gasteiger partial charge on any atom is -0.486 e. The molecule has 64 heavy (non-hydrogen) atoms. The number of ether oxygens (including phenoxy) is 2. The SMILES string of the molecule is N/C(COc1ccc(C2=CCN(C(=O)/C=C/c3cnc4c(c3)CCC(=O)N4)CC2)cc1)=N\O.[C-]#[N+]COc1ccc(C2=CCN(C(=O)/C=C/c3cnc4c(c3)CCC(=O)N4)CC2)cc1. The molecule has 0 atom stereocenters. The Bertz CT molecular complexity index is 2590. The van der Waals surface area contributed by atoms with E-state index in [0.29, 0.717) is 75.0 Å². The smallest absolute Gasteiger partial charge is 0.357 e. The van der Waals surface area contributed by atoms with Gasteiger partial charge in [0, 0.05) is 63.6 Å². The molecule has 16 heteroatoms. The van der Waals surface area contributed by atoms with E-state index in [0.717, 1.165) is 46.2 Å². The Labute approximate surface area is 370 Å². The van der Waals surface area contributed by atoms with Gasteiger partial charge in [0.15, 0.2) is 5.84 Å². The highest BCUT2D eigenvalue weighted by atomic mass is 16.5. The third kappa shape index (κ3) is 11.9. The molecule has 2 aromatic heterocycles. The number of aromatic nitrogens is 2. The number of carbonyl (C=O) groups excluding carboxylic acids is 4. The Kier molecular flexibility index (Phi) is 14.5. The molecule has 6 heterocycles. The van der Waals surface area contributed by atoms with Crippen molar-refractivity contribution < 1.29 is 33.9 Å². The van der Waals surface area contributed by atoms with Crippen molar-refractivity contribution in [2.75, 3.05) is 50.2 Å². The number of rotatable bonds is 11. The summed E-state index contributed by atoms with van der Waals surface area (Å²) in [6, 6.07) is 19.2. The van der Waals surface area contributed by atoms with Gasteiger partial charge in [0.25, 0.3) is 0 Å². The van der Waals surface area contributed by atoms with E-state index in [1.807, 2.05) is 60.7 Å². The van der Waals surface area contributed by atoms with Gasteiger partial charge in [-0.05, 0) is 119 Å². The lowest BCUT2D eigenvalue weighted by Gasteiger charge is -2.25. The number of nitrogens with one attached hydrogen (secondary N) is 2. The highest BCUT2D eigenvalue weighted by molar-refractivity contribution is 5.95. The molecule has 0 bridgehead atoms. The minimum absolute atomic E-state index is 0.00394. The summed E-state index contributed by atoms with van der Waals surface area (Å²) in [7, 11) is 0. The number of benzene rings is 2. The van der Waals surface area contributed by atoms with Gasteiger partial charge in [-0.15, -0.1) is 0 Å². The zero-order chi connectivity index (χ0) is 44.8. The van der Waals surface area contributed by atoms with Crippen molar-refractivity contribution in [3.05, 3.63) is 142 Å². The molecule has 4 amide bonds. The Balaban J connectivity index is 0.000000192. The van der Waals surface area contributed by atoms with Crippen LogP contribution in [-0.4, -0.2) is 94.0 Å². The molecule has 4 aliphatic rings. The molecule has 5 N–H and O–H groups in total. The molecule has 0 spiro atoms. The molecule has 8 rings (SSSR count). The monoisotopic (exact) mass is 861 g/mol. The molecule has 16 nitrogen and oxygen atoms in total. The van der Waals surface area contributed by atoms with Gasteiger partial charge in [0.2, 0.25) is 23.6 Å². The summed E-state index contributed by atoms with van der Waals surface area (Å²) in [5.41, 5.74) is 13.6. The van der Waals surface area contributed by atoms with E-state index in [1.54, 1.807) is 46.5 Å². The first-order chi connectivity index (χ1) is 31.1. The lowest BCUT2D eigenvalue weighted by molar-refractivity contribution is -0.126. The summed E-state index contributed by atoms with van der Waals surface area (Å²) in [5, 5.41) is 16.9. The van der Waals surface area contributed by atoms with E-state index in [1.165, 1.54) is 11.1 Å². The number of hydrogen-bond acceptors (Lipinski definition) is 10. The number of fused-ring (bicyclic) bond motifs is 2. The van der Waals surface area contributed by atoms with E-state index >= 15 is 0 Å². The van der Waals surface area contributed by atoms with Crippen molar-refractivity contribution in [3.63, 3.8) is 0 Å². The Morgan fingerprint density at radius 2 is 1.20 bits per heavy atom. The largest absolute Gasteiger partial charge is 0.486 e. The highest BCUT2D eigenvalue weighted by Gasteiger charge is 2.20. The van der Waals surface area contributed by atoms with E-state index in [2.05, 4.69) is 42.8 Å². The Morgan fingerprint density at radius 3 is 1.62 bits per heavy atom. The van der Waals surface area contributed by atoms with E-state index < -0.39 is 0 Å². The fraction of sp³-hybridized carbons (Fsp3) is 0.250. The summed E-state index contributed by atoms with van der Waals surface area (Å²) in [6.07, 6.45) is 17.9. The quantitative estimate of drug-likeness (QED) is 0.0347. The molecular formula is C48H47N9O7. The molecule has 0 fully saturated rings. The van der Waals surface area contributed by atoms with Crippen LogP contribution >= 0.6 is 0 Å². The van der Waals surface area contributed by atoms with Gasteiger partial charge in [-0.2, -0.15) is 0 Å². The van der Waals surface area contributed by atoms with Crippen LogP contribution in [0.15, 0.2) is 103 Å². The van der Waals surface area contributed by atoms with Crippen molar-refractivity contribution in [3.8, 4) is 11.5 Å². The van der Waals surface area contributed by atoms with Gasteiger partial charge in [0.1, 0.15) is 29.7 Å². The van der Waals surface area contributed by atoms with E-state index in [4.69, 9.17) is 27.0 Å². The number of nitrogens with two attached hydrogens (primary N) is 1. The topological polar surface area (TPSA) is 206 Å². The van der Waals surface area contributed by atoms with Gasteiger partial charge in [-0.25, -0.2) is 16.5 Å². The molecule has 0 radical (unpaired) electrons. The van der Waals surface area contributed by atoms with Crippen molar-refractivity contribution in [1.82, 2.24) is 19.8 Å². The highest BCUT2D eigenvalue weighted by Crippen LogP contribution is 2.27. The maximum absolute atomic E-state index is 12.6. The number of carbonyl (C=O) groups is 4. The summed E-state index contributed by atoms with van der Waals surface area (Å²) >= 11 is 0. The maximum Gasteiger partial charge on any atom is 0.357 e. The standard InChI is InChI=1S/C24H25N5O4.C24H22N4O3/c25-21(28-32)15-33-20-5-2-17(3-6-20)18-9-11-29(12-10-18)23(31)8-1-16-13-19-4-7-22(30)27-24(19)26-14-16;1-25-16-31-21-6-3-18(4-7-21)19-10-12-28(13-11-19)23(30)9-2-17-14-20-5-8-22(29)27-24(20)26-15-17/h1-3,5-6,8-9,13-14,32H,4,7,10-12,15H2,(H2,25,28)(H,26,27,30);2-4,6-7,9-10,14-15H,5,8,11-13,16H2,(H,26,27,29)/b8-1+;9-2+. The fourth-order valence-electron chi connectivity index (χ4n) is 7.36. The van der Waals surface area contributed by atoms with Gasteiger partial charge < -0.3 is 40.8 Å². The Hall–Kier alpha value is -8.06. The number of anilines is 2. The van der Waals surface area contributed by atoms with Gasteiger partial charge in [-0.1, -0.05) is 41.6 Å². The second-order valence-corrected chi connectivity index (χ2v) is 15.2. The number of amides is 4. The Morgan fingerprint density at radius 1 is 0.734 bits per heavy atom. The van der Waals surface area contributed by atoms with Crippen LogP contribution in [0.25, 0.3) is 28.1 Å². The molecule has 2 aromatic carbocycles. The third-order valence-corrected chi connectivity index (χ3v) is 10.9. The zero-order valence-electron chi connectivity index (χ0n) is 35.0. The minimum atomic E-state index is -0.0526. The molecule has 0 saturated heterocycles. The van der Waals surface area contributed by atoms with E-state index in [-0.39, 0.29) is 42.8 Å². The molecule has 0 aliphatic carbocycles. The lowest BCUT2D eigenvalue weighted by Crippen LogP contribution is -2.33. The van der Waals surface area contributed by atoms with Crippen LogP contribution in [-0.2, 0) is 32.0 Å². The second kappa shape index (κ2) is 21.1. The van der Waals surface area contributed by atoms with Gasteiger partial charge >= 0.3 is 6.73 Å². The number of aryl methyl sites for hydroxylation is 2. The van der Waals surface area contributed by atoms with Crippen molar-refractivity contribution in [2.45, 2.75) is 38.5 Å². The van der Waals surface area contributed by atoms with Crippen molar-refractivity contribution >= 4 is 64.4 Å². The second-order valence-electron chi connectivity index (χ2n) is 15.2. The maximum atomic E-state index is 12.6. The van der Waals surface area contributed by atoms with Crippen LogP contribution < -0.4 is 25.8 Å². The third-order valence-electron chi connectivity index (χ3n) is 10.9. The van der Waals surface area contributed by atoms with Crippen LogP contribution in [0.1, 0.15) is 59.1 Å². The summed E-state index contributed by atoms with van der Waals surface area (Å²) < 4.78 is 10.7. The van der Waals surface area contributed by atoms with Crippen LogP contribution in [0.5, 0.6) is 11.5 Å². The summed E-state index contributed by atoms with van der Waals surface area (Å²) in [4.78, 5) is 63.4. The first-order valence-corrected chi connectivity index (χ1v) is 20.8. The molecule has 0 saturated carbocycles. The van der Waals surface area contributed by atoms with Gasteiger partial charge in [-0.3, -0.25) is 24.0 Å². The predicted molar refractivity (Wildman–Crippen MR) is 243 cm³/mol. The van der Waals surface area contributed by atoms with E-state index in [9.17, 15) is 19.2 Å². The molecule has 4 aliphatic heterocycles.